The van der Waals surface area contributed by atoms with E-state index in [9.17, 15) is 13.2 Å². The van der Waals surface area contributed by atoms with Crippen molar-refractivity contribution in [1.82, 2.24) is 0 Å². The van der Waals surface area contributed by atoms with Crippen LogP contribution in [0.3, 0.4) is 0 Å². The Morgan fingerprint density at radius 1 is 1.18 bits per heavy atom. The third kappa shape index (κ3) is 3.44. The maximum atomic E-state index is 12.0. The Morgan fingerprint density at radius 3 is 1.91 bits per heavy atom. The van der Waals surface area contributed by atoms with Crippen molar-refractivity contribution in [3.63, 3.8) is 0 Å². The molecule has 0 N–H and O–H groups in total. The second kappa shape index (κ2) is 3.79. The molecule has 0 nitrogen and oxygen atoms in total. The van der Waals surface area contributed by atoms with Crippen LogP contribution in [0.15, 0.2) is 12.2 Å². The summed E-state index contributed by atoms with van der Waals surface area (Å²) in [6.07, 6.45) is -0.857. The van der Waals surface area contributed by atoms with Crippen LogP contribution in [-0.4, -0.2) is 6.18 Å². The minimum Gasteiger partial charge on any atom is -0.171 e. The van der Waals surface area contributed by atoms with Crippen molar-refractivity contribution in [2.45, 2.75) is 26.9 Å². The normalized spacial score (nSPS) is 18.7. The molecule has 11 heavy (non-hydrogen) atoms. The quantitative estimate of drug-likeness (QED) is 0.551. The van der Waals surface area contributed by atoms with Crippen LogP contribution in [0.4, 0.5) is 13.2 Å². The Kier molecular flexibility index (Phi) is 3.63. The van der Waals surface area contributed by atoms with Gasteiger partial charge in [0.2, 0.25) is 0 Å². The highest BCUT2D eigenvalue weighted by atomic mass is 19.4. The lowest BCUT2D eigenvalue weighted by atomic mass is 9.95. The van der Waals surface area contributed by atoms with E-state index in [2.05, 4.69) is 0 Å². The first-order chi connectivity index (χ1) is 4.89. The zero-order valence-corrected chi connectivity index (χ0v) is 6.94. The number of allylic oxidation sites excluding steroid dienone is 2. The number of hydrogen-bond donors (Lipinski definition) is 0. The summed E-state index contributed by atoms with van der Waals surface area (Å²) in [7, 11) is 0. The third-order valence-corrected chi connectivity index (χ3v) is 1.80. The van der Waals surface area contributed by atoms with Gasteiger partial charge in [0.05, 0.1) is 5.92 Å². The molecular weight excluding hydrogens is 153 g/mol. The molecule has 0 aromatic carbocycles. The van der Waals surface area contributed by atoms with Gasteiger partial charge in [0.15, 0.2) is 0 Å². The second-order valence-corrected chi connectivity index (χ2v) is 2.72. The lowest BCUT2D eigenvalue weighted by Gasteiger charge is -2.19. The highest BCUT2D eigenvalue weighted by molar-refractivity contribution is 4.87. The van der Waals surface area contributed by atoms with Gasteiger partial charge >= 0.3 is 6.18 Å². The molecule has 0 amide bonds. The molecule has 66 valence electrons. The van der Waals surface area contributed by atoms with Crippen LogP contribution >= 0.6 is 0 Å². The molecule has 0 aliphatic carbocycles. The Morgan fingerprint density at radius 2 is 1.64 bits per heavy atom. The molecule has 0 saturated heterocycles. The standard InChI is InChI=1S/C8H13F3/c1-4-5-6(2)7(3)8(9,10)11/h4-7H,1-3H3. The number of rotatable bonds is 2. The van der Waals surface area contributed by atoms with Crippen molar-refractivity contribution in [3.05, 3.63) is 12.2 Å². The number of halogens is 3. The summed E-state index contributed by atoms with van der Waals surface area (Å²) < 4.78 is 36.0. The first kappa shape index (κ1) is 10.5. The maximum Gasteiger partial charge on any atom is 0.392 e. The molecule has 0 aliphatic rings. The summed E-state index contributed by atoms with van der Waals surface area (Å²) in [5, 5.41) is 0. The topological polar surface area (TPSA) is 0 Å². The Balaban J connectivity index is 4.13. The van der Waals surface area contributed by atoms with Gasteiger partial charge in [0.25, 0.3) is 0 Å². The van der Waals surface area contributed by atoms with Gasteiger partial charge in [-0.25, -0.2) is 0 Å². The monoisotopic (exact) mass is 166 g/mol. The van der Waals surface area contributed by atoms with E-state index in [-0.39, 0.29) is 0 Å². The highest BCUT2D eigenvalue weighted by Gasteiger charge is 2.38. The van der Waals surface area contributed by atoms with Crippen LogP contribution in [-0.2, 0) is 0 Å². The van der Waals surface area contributed by atoms with E-state index in [0.717, 1.165) is 0 Å². The van der Waals surface area contributed by atoms with Gasteiger partial charge in [-0.05, 0) is 12.8 Å². The largest absolute Gasteiger partial charge is 0.392 e. The second-order valence-electron chi connectivity index (χ2n) is 2.72. The Labute approximate surface area is 65.1 Å². The van der Waals surface area contributed by atoms with Gasteiger partial charge in [0, 0.05) is 0 Å². The van der Waals surface area contributed by atoms with Crippen LogP contribution in [0, 0.1) is 11.8 Å². The zero-order valence-electron chi connectivity index (χ0n) is 6.94. The first-order valence-corrected chi connectivity index (χ1v) is 3.59. The fraction of sp³-hybridized carbons (Fsp3) is 0.750. The van der Waals surface area contributed by atoms with Crippen LogP contribution in [0.25, 0.3) is 0 Å². The molecule has 0 bridgehead atoms. The summed E-state index contributed by atoms with van der Waals surface area (Å²) >= 11 is 0. The van der Waals surface area contributed by atoms with E-state index in [0.29, 0.717) is 0 Å². The van der Waals surface area contributed by atoms with Gasteiger partial charge in [-0.2, -0.15) is 13.2 Å². The smallest absolute Gasteiger partial charge is 0.171 e. The Hall–Kier alpha value is -0.470. The van der Waals surface area contributed by atoms with Crippen LogP contribution in [0.2, 0.25) is 0 Å². The van der Waals surface area contributed by atoms with E-state index in [4.69, 9.17) is 0 Å². The summed E-state index contributed by atoms with van der Waals surface area (Å²) in [6, 6.07) is 0. The average molecular weight is 166 g/mol. The van der Waals surface area contributed by atoms with Crippen molar-refractivity contribution in [3.8, 4) is 0 Å². The lowest BCUT2D eigenvalue weighted by molar-refractivity contribution is -0.177. The molecule has 0 fully saturated rings. The van der Waals surface area contributed by atoms with E-state index in [1.54, 1.807) is 26.0 Å². The highest BCUT2D eigenvalue weighted by Crippen LogP contribution is 2.31. The fourth-order valence-electron chi connectivity index (χ4n) is 0.768. The van der Waals surface area contributed by atoms with Crippen LogP contribution < -0.4 is 0 Å². The van der Waals surface area contributed by atoms with Crippen LogP contribution in [0.5, 0.6) is 0 Å². The first-order valence-electron chi connectivity index (χ1n) is 3.59. The van der Waals surface area contributed by atoms with Crippen molar-refractivity contribution < 1.29 is 13.2 Å². The summed E-state index contributed by atoms with van der Waals surface area (Å²) in [6.45, 7) is 4.49. The molecule has 0 heterocycles. The SMILES string of the molecule is CC=CC(C)C(C)C(F)(F)F. The van der Waals surface area contributed by atoms with Crippen molar-refractivity contribution in [2.75, 3.05) is 0 Å². The minimum atomic E-state index is -4.07. The molecule has 3 heteroatoms. The van der Waals surface area contributed by atoms with E-state index in [1.807, 2.05) is 0 Å². The van der Waals surface area contributed by atoms with Crippen LogP contribution in [0.1, 0.15) is 20.8 Å². The molecule has 0 aromatic rings. The van der Waals surface area contributed by atoms with Gasteiger partial charge in [-0.1, -0.05) is 26.0 Å². The predicted molar refractivity (Wildman–Crippen MR) is 39.2 cm³/mol. The van der Waals surface area contributed by atoms with Gasteiger partial charge in [-0.15, -0.1) is 0 Å². The number of alkyl halides is 3. The zero-order chi connectivity index (χ0) is 9.07. The molecule has 0 saturated carbocycles. The fourth-order valence-corrected chi connectivity index (χ4v) is 0.768. The summed E-state index contributed by atoms with van der Waals surface area (Å²) in [5.41, 5.74) is 0. The van der Waals surface area contributed by atoms with Gasteiger partial charge in [0.1, 0.15) is 0 Å². The molecular formula is C8H13F3. The van der Waals surface area contributed by atoms with Crippen molar-refractivity contribution in [2.24, 2.45) is 11.8 Å². The van der Waals surface area contributed by atoms with E-state index < -0.39 is 18.0 Å². The summed E-state index contributed by atoms with van der Waals surface area (Å²) in [5.74, 6) is -1.68. The van der Waals surface area contributed by atoms with E-state index in [1.165, 1.54) is 6.92 Å². The maximum absolute atomic E-state index is 12.0. The van der Waals surface area contributed by atoms with Crippen molar-refractivity contribution >= 4 is 0 Å². The molecule has 0 rings (SSSR count). The third-order valence-electron chi connectivity index (χ3n) is 1.80. The van der Waals surface area contributed by atoms with Crippen molar-refractivity contribution in [1.29, 1.82) is 0 Å². The lowest BCUT2D eigenvalue weighted by Crippen LogP contribution is -2.24. The molecule has 0 aliphatic heterocycles. The molecule has 0 radical (unpaired) electrons. The molecule has 2 unspecified atom stereocenters. The summed E-state index contributed by atoms with van der Waals surface area (Å²) in [4.78, 5) is 0. The van der Waals surface area contributed by atoms with Gasteiger partial charge < -0.3 is 0 Å². The van der Waals surface area contributed by atoms with Gasteiger partial charge in [-0.3, -0.25) is 0 Å². The molecule has 2 atom stereocenters. The molecule has 0 aromatic heterocycles. The molecule has 0 spiro atoms. The predicted octanol–water partition coefficient (Wildman–Crippen LogP) is 3.40. The Bertz CT molecular complexity index is 135. The number of hydrogen-bond acceptors (Lipinski definition) is 0. The minimum absolute atomic E-state index is 0.431. The van der Waals surface area contributed by atoms with E-state index >= 15 is 0 Å². The average Bonchev–Trinajstić information content (AvgIpc) is 1.85.